The van der Waals surface area contributed by atoms with Crippen LogP contribution in [-0.2, 0) is 4.74 Å². The molecule has 0 saturated carbocycles. The first kappa shape index (κ1) is 20.0. The monoisotopic (exact) mass is 410 g/mol. The Kier molecular flexibility index (Phi) is 6.29. The van der Waals surface area contributed by atoms with Crippen LogP contribution in [0, 0.1) is 5.82 Å². The molecule has 0 radical (unpaired) electrons. The van der Waals surface area contributed by atoms with E-state index in [0.29, 0.717) is 30.1 Å². The molecule has 0 aliphatic carbocycles. The van der Waals surface area contributed by atoms with Gasteiger partial charge in [0.15, 0.2) is 0 Å². The van der Waals surface area contributed by atoms with E-state index >= 15 is 0 Å². The predicted octanol–water partition coefficient (Wildman–Crippen LogP) is 3.88. The fourth-order valence-electron chi connectivity index (χ4n) is 3.10. The highest BCUT2D eigenvalue weighted by Crippen LogP contribution is 2.23. The second-order valence-electron chi connectivity index (χ2n) is 6.99. The van der Waals surface area contributed by atoms with Gasteiger partial charge >= 0.3 is 0 Å². The highest BCUT2D eigenvalue weighted by molar-refractivity contribution is 5.54. The maximum Gasteiger partial charge on any atom is 0.228 e. The zero-order valence-corrected chi connectivity index (χ0v) is 16.6. The van der Waals surface area contributed by atoms with Gasteiger partial charge in [-0.1, -0.05) is 12.1 Å². The first-order chi connectivity index (χ1) is 14.7. The number of hydrogen-bond acceptors (Lipinski definition) is 8. The number of benzene rings is 1. The molecule has 9 heteroatoms. The Morgan fingerprint density at radius 2 is 2.07 bits per heavy atom. The number of hydrogen-bond donors (Lipinski definition) is 2. The van der Waals surface area contributed by atoms with Gasteiger partial charge in [-0.2, -0.15) is 9.97 Å². The van der Waals surface area contributed by atoms with Crippen LogP contribution in [0.4, 0.5) is 22.0 Å². The van der Waals surface area contributed by atoms with Crippen molar-refractivity contribution in [2.45, 2.75) is 31.9 Å². The van der Waals surface area contributed by atoms with Gasteiger partial charge in [0.25, 0.3) is 0 Å². The molecule has 156 valence electrons. The molecule has 2 N–H and O–H groups in total. The van der Waals surface area contributed by atoms with E-state index in [2.05, 4.69) is 30.6 Å². The zero-order chi connectivity index (χ0) is 20.8. The first-order valence-corrected chi connectivity index (χ1v) is 9.84. The quantitative estimate of drug-likeness (QED) is 0.578. The van der Waals surface area contributed by atoms with Crippen molar-refractivity contribution in [3.05, 3.63) is 60.3 Å². The summed E-state index contributed by atoms with van der Waals surface area (Å²) in [5, 5.41) is 6.35. The minimum atomic E-state index is -0.276. The number of ether oxygens (including phenoxy) is 2. The van der Waals surface area contributed by atoms with Gasteiger partial charge in [0, 0.05) is 25.1 Å². The Bertz CT molecular complexity index is 951. The van der Waals surface area contributed by atoms with Gasteiger partial charge in [-0.25, -0.2) is 9.37 Å². The predicted molar refractivity (Wildman–Crippen MR) is 110 cm³/mol. The Hall–Kier alpha value is -3.33. The number of halogens is 1. The second-order valence-corrected chi connectivity index (χ2v) is 6.99. The first-order valence-electron chi connectivity index (χ1n) is 9.84. The van der Waals surface area contributed by atoms with Gasteiger partial charge in [0.2, 0.25) is 11.8 Å². The average molecular weight is 410 g/mol. The number of nitrogens with zero attached hydrogens (tertiary/aromatic N) is 4. The van der Waals surface area contributed by atoms with E-state index in [-0.39, 0.29) is 18.0 Å². The van der Waals surface area contributed by atoms with E-state index in [1.807, 2.05) is 6.92 Å². The molecule has 3 heterocycles. The van der Waals surface area contributed by atoms with Gasteiger partial charge < -0.3 is 20.1 Å². The van der Waals surface area contributed by atoms with E-state index < -0.39 is 0 Å². The fraction of sp³-hybridized carbons (Fsp3) is 0.333. The summed E-state index contributed by atoms with van der Waals surface area (Å²) in [5.74, 6) is 1.59. The highest BCUT2D eigenvalue weighted by atomic mass is 19.1. The molecular weight excluding hydrogens is 387 g/mol. The summed E-state index contributed by atoms with van der Waals surface area (Å²) < 4.78 is 24.7. The average Bonchev–Trinajstić information content (AvgIpc) is 3.27. The largest absolute Gasteiger partial charge is 0.475 e. The standard InChI is InChI=1S/C21H23FN6O2/c1-14(15-4-6-16(22)7-5-15)25-21-27-18(26-19-12-23-8-9-24-19)11-20(28-21)30-13-17-3-2-10-29-17/h4-9,11-12,14,17H,2-3,10,13H2,1H3,(H2,24,25,26,27,28)/t14-,17?/m0/s1. The number of aromatic nitrogens is 4. The maximum atomic E-state index is 13.2. The maximum absolute atomic E-state index is 13.2. The van der Waals surface area contributed by atoms with Crippen molar-refractivity contribution in [2.24, 2.45) is 0 Å². The van der Waals surface area contributed by atoms with Gasteiger partial charge in [-0.15, -0.1) is 0 Å². The molecule has 1 aliphatic heterocycles. The van der Waals surface area contributed by atoms with E-state index in [0.717, 1.165) is 25.0 Å². The summed E-state index contributed by atoms with van der Waals surface area (Å²) in [5.41, 5.74) is 0.911. The van der Waals surface area contributed by atoms with Gasteiger partial charge in [0.05, 0.1) is 18.3 Å². The lowest BCUT2D eigenvalue weighted by molar-refractivity contribution is 0.0663. The van der Waals surface area contributed by atoms with Crippen LogP contribution in [0.25, 0.3) is 0 Å². The molecule has 0 spiro atoms. The third kappa shape index (κ3) is 5.38. The van der Waals surface area contributed by atoms with Crippen molar-refractivity contribution >= 4 is 17.6 Å². The highest BCUT2D eigenvalue weighted by Gasteiger charge is 2.17. The SMILES string of the molecule is C[C@H](Nc1nc(Nc2cnccn2)cc(OCC2CCCO2)n1)c1ccc(F)cc1. The van der Waals surface area contributed by atoms with Crippen LogP contribution in [0.1, 0.15) is 31.4 Å². The third-order valence-electron chi connectivity index (χ3n) is 4.68. The molecule has 1 saturated heterocycles. The lowest BCUT2D eigenvalue weighted by Crippen LogP contribution is -2.17. The Labute approximate surface area is 173 Å². The molecule has 1 aromatic carbocycles. The summed E-state index contributed by atoms with van der Waals surface area (Å²) in [6.45, 7) is 3.14. The topological polar surface area (TPSA) is 94.1 Å². The van der Waals surface area contributed by atoms with E-state index in [4.69, 9.17) is 9.47 Å². The summed E-state index contributed by atoms with van der Waals surface area (Å²) in [6, 6.07) is 7.88. The van der Waals surface area contributed by atoms with Crippen LogP contribution >= 0.6 is 0 Å². The van der Waals surface area contributed by atoms with Crippen LogP contribution in [0.3, 0.4) is 0 Å². The summed E-state index contributed by atoms with van der Waals surface area (Å²) >= 11 is 0. The molecule has 0 bridgehead atoms. The zero-order valence-electron chi connectivity index (χ0n) is 16.6. The number of rotatable bonds is 8. The smallest absolute Gasteiger partial charge is 0.228 e. The van der Waals surface area contributed by atoms with E-state index in [9.17, 15) is 4.39 Å². The summed E-state index contributed by atoms with van der Waals surface area (Å²) in [4.78, 5) is 17.2. The lowest BCUT2D eigenvalue weighted by atomic mass is 10.1. The fourth-order valence-corrected chi connectivity index (χ4v) is 3.10. The molecule has 1 aliphatic rings. The van der Waals surface area contributed by atoms with Crippen LogP contribution < -0.4 is 15.4 Å². The van der Waals surface area contributed by atoms with E-state index in [1.165, 1.54) is 12.1 Å². The molecule has 2 aromatic heterocycles. The molecule has 30 heavy (non-hydrogen) atoms. The number of nitrogens with one attached hydrogen (secondary N) is 2. The van der Waals surface area contributed by atoms with Gasteiger partial charge in [-0.3, -0.25) is 4.98 Å². The van der Waals surface area contributed by atoms with Crippen LogP contribution in [0.15, 0.2) is 48.9 Å². The minimum absolute atomic E-state index is 0.0749. The Morgan fingerprint density at radius 3 is 2.80 bits per heavy atom. The summed E-state index contributed by atoms with van der Waals surface area (Å²) in [7, 11) is 0. The van der Waals surface area contributed by atoms with Gasteiger partial charge in [-0.05, 0) is 37.5 Å². The van der Waals surface area contributed by atoms with Crippen molar-refractivity contribution in [1.29, 1.82) is 0 Å². The Morgan fingerprint density at radius 1 is 1.20 bits per heavy atom. The Balaban J connectivity index is 1.53. The molecule has 4 rings (SSSR count). The molecular formula is C21H23FN6O2. The van der Waals surface area contributed by atoms with Crippen molar-refractivity contribution in [3.63, 3.8) is 0 Å². The molecule has 0 amide bonds. The third-order valence-corrected chi connectivity index (χ3v) is 4.68. The van der Waals surface area contributed by atoms with Gasteiger partial charge in [0.1, 0.15) is 24.1 Å². The normalized spacial score (nSPS) is 16.8. The molecule has 1 unspecified atom stereocenters. The van der Waals surface area contributed by atoms with Crippen molar-refractivity contribution < 1.29 is 13.9 Å². The number of anilines is 3. The van der Waals surface area contributed by atoms with Crippen molar-refractivity contribution in [3.8, 4) is 5.88 Å². The van der Waals surface area contributed by atoms with Crippen molar-refractivity contribution in [2.75, 3.05) is 23.8 Å². The molecule has 8 nitrogen and oxygen atoms in total. The lowest BCUT2D eigenvalue weighted by Gasteiger charge is -2.17. The summed E-state index contributed by atoms with van der Waals surface area (Å²) in [6.07, 6.45) is 6.88. The molecule has 1 fully saturated rings. The van der Waals surface area contributed by atoms with Crippen molar-refractivity contribution in [1.82, 2.24) is 19.9 Å². The van der Waals surface area contributed by atoms with Crippen LogP contribution in [0.2, 0.25) is 0 Å². The minimum Gasteiger partial charge on any atom is -0.475 e. The second kappa shape index (κ2) is 9.45. The van der Waals surface area contributed by atoms with Crippen LogP contribution in [0.5, 0.6) is 5.88 Å². The molecule has 2 atom stereocenters. The molecule has 3 aromatic rings. The van der Waals surface area contributed by atoms with E-state index in [1.54, 1.807) is 36.8 Å². The van der Waals surface area contributed by atoms with Crippen LogP contribution in [-0.4, -0.2) is 39.3 Å².